The molecule has 1 heterocycles. The lowest BCUT2D eigenvalue weighted by atomic mass is 10.1. The summed E-state index contributed by atoms with van der Waals surface area (Å²) < 4.78 is 0.902. The van der Waals surface area contributed by atoms with Crippen LogP contribution in [0.25, 0.3) is 12.2 Å². The van der Waals surface area contributed by atoms with Crippen molar-refractivity contribution in [1.29, 1.82) is 0 Å². The second kappa shape index (κ2) is 12.1. The van der Waals surface area contributed by atoms with Crippen molar-refractivity contribution in [3.8, 4) is 0 Å². The molecule has 178 valence electrons. The molecule has 0 saturated carbocycles. The van der Waals surface area contributed by atoms with E-state index in [0.29, 0.717) is 16.8 Å². The quantitative estimate of drug-likeness (QED) is 0.185. The summed E-state index contributed by atoms with van der Waals surface area (Å²) in [6.45, 7) is 0. The number of nitrogens with one attached hydrogen (secondary N) is 2. The molecule has 0 bridgehead atoms. The summed E-state index contributed by atoms with van der Waals surface area (Å²) in [5, 5.41) is 9.41. The lowest BCUT2D eigenvalue weighted by Crippen LogP contribution is -2.30. The Hall–Kier alpha value is -4.07. The zero-order valence-electron chi connectivity index (χ0n) is 19.0. The van der Waals surface area contributed by atoms with Gasteiger partial charge in [-0.15, -0.1) is 0 Å². The van der Waals surface area contributed by atoms with Crippen molar-refractivity contribution < 1.29 is 14.4 Å². The zero-order valence-corrected chi connectivity index (χ0v) is 21.4. The van der Waals surface area contributed by atoms with Crippen LogP contribution in [0.4, 0.5) is 5.69 Å². The van der Waals surface area contributed by atoms with Gasteiger partial charge in [-0.3, -0.25) is 14.4 Å². The number of hydrogen-bond donors (Lipinski definition) is 2. The van der Waals surface area contributed by atoms with Crippen LogP contribution in [0.15, 0.2) is 112 Å². The van der Waals surface area contributed by atoms with Crippen LogP contribution >= 0.6 is 27.3 Å². The molecule has 5 nitrogen and oxygen atoms in total. The molecule has 0 aliphatic carbocycles. The molecule has 36 heavy (non-hydrogen) atoms. The van der Waals surface area contributed by atoms with Crippen molar-refractivity contribution >= 4 is 62.7 Å². The zero-order chi connectivity index (χ0) is 25.3. The smallest absolute Gasteiger partial charge is 0.272 e. The number of benzene rings is 3. The summed E-state index contributed by atoms with van der Waals surface area (Å²) in [6, 6.07) is 24.6. The average molecular weight is 557 g/mol. The molecule has 0 unspecified atom stereocenters. The highest BCUT2D eigenvalue weighted by Gasteiger charge is 2.15. The number of rotatable bonds is 8. The maximum atomic E-state index is 13.1. The molecule has 0 fully saturated rings. The molecule has 2 N–H and O–H groups in total. The van der Waals surface area contributed by atoms with E-state index in [1.54, 1.807) is 72.0 Å². The summed E-state index contributed by atoms with van der Waals surface area (Å²) in [5.74, 6) is -1.02. The molecular weight excluding hydrogens is 536 g/mol. The first-order valence-electron chi connectivity index (χ1n) is 11.0. The van der Waals surface area contributed by atoms with E-state index in [9.17, 15) is 14.4 Å². The molecule has 0 saturated heterocycles. The Labute approximate surface area is 221 Å². The number of hydrogen-bond acceptors (Lipinski definition) is 4. The monoisotopic (exact) mass is 556 g/mol. The topological polar surface area (TPSA) is 75.3 Å². The Kier molecular flexibility index (Phi) is 8.39. The van der Waals surface area contributed by atoms with Crippen LogP contribution in [-0.2, 0) is 4.79 Å². The summed E-state index contributed by atoms with van der Waals surface area (Å²) in [4.78, 5) is 38.3. The molecule has 0 spiro atoms. The van der Waals surface area contributed by atoms with Gasteiger partial charge >= 0.3 is 0 Å². The van der Waals surface area contributed by atoms with Gasteiger partial charge in [0.05, 0.1) is 0 Å². The van der Waals surface area contributed by atoms with Crippen molar-refractivity contribution in [3.05, 3.63) is 134 Å². The minimum absolute atomic E-state index is 0.0880. The molecular formula is C29H21BrN2O3S. The van der Waals surface area contributed by atoms with Gasteiger partial charge in [0, 0.05) is 21.3 Å². The number of halogens is 1. The maximum absolute atomic E-state index is 13.1. The molecule has 4 rings (SSSR count). The van der Waals surface area contributed by atoms with Crippen molar-refractivity contribution in [3.63, 3.8) is 0 Å². The fraction of sp³-hybridized carbons (Fsp3) is 0. The van der Waals surface area contributed by atoms with E-state index in [1.807, 2.05) is 47.2 Å². The predicted octanol–water partition coefficient (Wildman–Crippen LogP) is 6.82. The highest BCUT2D eigenvalue weighted by Crippen LogP contribution is 2.16. The first-order valence-corrected chi connectivity index (χ1v) is 12.7. The van der Waals surface area contributed by atoms with Gasteiger partial charge in [0.25, 0.3) is 11.8 Å². The van der Waals surface area contributed by atoms with E-state index in [-0.39, 0.29) is 11.5 Å². The summed E-state index contributed by atoms with van der Waals surface area (Å²) in [7, 11) is 0. The normalized spacial score (nSPS) is 11.3. The number of carbonyl (C=O) groups is 3. The van der Waals surface area contributed by atoms with Crippen LogP contribution in [0.3, 0.4) is 0 Å². The van der Waals surface area contributed by atoms with E-state index >= 15 is 0 Å². The second-order valence-corrected chi connectivity index (χ2v) is 9.41. The van der Waals surface area contributed by atoms with Gasteiger partial charge in [-0.1, -0.05) is 52.3 Å². The Bertz CT molecular complexity index is 1410. The Morgan fingerprint density at radius 2 is 1.50 bits per heavy atom. The average Bonchev–Trinajstić information content (AvgIpc) is 3.43. The lowest BCUT2D eigenvalue weighted by Gasteiger charge is -2.12. The van der Waals surface area contributed by atoms with Crippen molar-refractivity contribution in [1.82, 2.24) is 5.32 Å². The van der Waals surface area contributed by atoms with Crippen LogP contribution in [0, 0.1) is 0 Å². The molecule has 2 amide bonds. The van der Waals surface area contributed by atoms with Gasteiger partial charge in [-0.25, -0.2) is 0 Å². The number of allylic oxidation sites excluding steroid dienone is 1. The summed E-state index contributed by atoms with van der Waals surface area (Å²) >= 11 is 4.96. The third-order valence-electron chi connectivity index (χ3n) is 5.11. The third kappa shape index (κ3) is 6.97. The molecule has 0 aliphatic heterocycles. The molecule has 1 aromatic heterocycles. The number of carbonyl (C=O) groups excluding carboxylic acids is 3. The van der Waals surface area contributed by atoms with E-state index in [0.717, 1.165) is 15.6 Å². The molecule has 0 atom stereocenters. The summed E-state index contributed by atoms with van der Waals surface area (Å²) in [6.07, 6.45) is 4.90. The van der Waals surface area contributed by atoms with E-state index in [2.05, 4.69) is 26.6 Å². The van der Waals surface area contributed by atoms with Crippen LogP contribution in [0.1, 0.15) is 31.8 Å². The second-order valence-electron chi connectivity index (χ2n) is 7.72. The van der Waals surface area contributed by atoms with Crippen LogP contribution < -0.4 is 10.6 Å². The lowest BCUT2D eigenvalue weighted by molar-refractivity contribution is -0.113. The van der Waals surface area contributed by atoms with Crippen LogP contribution in [-0.4, -0.2) is 17.6 Å². The maximum Gasteiger partial charge on any atom is 0.272 e. The van der Waals surface area contributed by atoms with Crippen molar-refractivity contribution in [2.45, 2.75) is 0 Å². The van der Waals surface area contributed by atoms with E-state index in [1.165, 1.54) is 6.08 Å². The Morgan fingerprint density at radius 1 is 0.778 bits per heavy atom. The highest BCUT2D eigenvalue weighted by molar-refractivity contribution is 9.10. The number of ketones is 1. The molecule has 0 aliphatic rings. The van der Waals surface area contributed by atoms with Crippen LogP contribution in [0.5, 0.6) is 0 Å². The van der Waals surface area contributed by atoms with Crippen LogP contribution in [0.2, 0.25) is 0 Å². The fourth-order valence-electron chi connectivity index (χ4n) is 3.22. The first-order chi connectivity index (χ1) is 17.5. The van der Waals surface area contributed by atoms with Gasteiger partial charge in [0.15, 0.2) is 5.78 Å². The molecule has 3 aromatic carbocycles. The summed E-state index contributed by atoms with van der Waals surface area (Å²) in [5.41, 5.74) is 3.24. The van der Waals surface area contributed by atoms with Gasteiger partial charge in [0.2, 0.25) is 0 Å². The number of thiophene rings is 1. The highest BCUT2D eigenvalue weighted by atomic mass is 79.9. The third-order valence-corrected chi connectivity index (χ3v) is 6.34. The number of anilines is 1. The van der Waals surface area contributed by atoms with E-state index in [4.69, 9.17) is 0 Å². The SMILES string of the molecule is O=C(Nc1ccc(C(=O)/C=C/c2ccsc2)cc1)/C(=C/c1ccc(Br)cc1)NC(=O)c1ccccc1. The van der Waals surface area contributed by atoms with Gasteiger partial charge in [-0.05, 0) is 88.6 Å². The largest absolute Gasteiger partial charge is 0.321 e. The number of amides is 2. The minimum atomic E-state index is -0.487. The van der Waals surface area contributed by atoms with E-state index < -0.39 is 11.8 Å². The minimum Gasteiger partial charge on any atom is -0.321 e. The van der Waals surface area contributed by atoms with Gasteiger partial charge in [-0.2, -0.15) is 11.3 Å². The van der Waals surface area contributed by atoms with Crippen molar-refractivity contribution in [2.75, 3.05) is 5.32 Å². The Morgan fingerprint density at radius 3 is 2.17 bits per heavy atom. The molecule has 4 aromatic rings. The van der Waals surface area contributed by atoms with Gasteiger partial charge in [0.1, 0.15) is 5.70 Å². The van der Waals surface area contributed by atoms with Crippen molar-refractivity contribution in [2.24, 2.45) is 0 Å². The predicted molar refractivity (Wildman–Crippen MR) is 149 cm³/mol. The fourth-order valence-corrected chi connectivity index (χ4v) is 4.12. The van der Waals surface area contributed by atoms with Gasteiger partial charge < -0.3 is 10.6 Å². The Balaban J connectivity index is 1.50. The molecule has 7 heteroatoms. The first kappa shape index (κ1) is 25.0. The molecule has 0 radical (unpaired) electrons. The standard InChI is InChI=1S/C29H21BrN2O3S/c30-24-11-6-20(7-12-24)18-26(32-28(34)23-4-2-1-3-5-23)29(35)31-25-13-9-22(10-14-25)27(33)15-8-21-16-17-36-19-21/h1-19H,(H,31,35)(H,32,34)/b15-8+,26-18-.